The van der Waals surface area contributed by atoms with Crippen LogP contribution in [0.25, 0.3) is 6.08 Å². The SMILES string of the molecule is COc1cc(C=NNC(=O)C(=Cc2cccs2)NC(=O)c2ccccc2)ccc1OC(=O)c1ccccc1Br. The summed E-state index contributed by atoms with van der Waals surface area (Å²) in [5, 5.41) is 8.53. The number of thiophene rings is 1. The molecule has 4 aromatic rings. The molecular formula is C29H22BrN3O5S. The second kappa shape index (κ2) is 13.3. The van der Waals surface area contributed by atoms with Gasteiger partial charge in [0.25, 0.3) is 11.8 Å². The van der Waals surface area contributed by atoms with Crippen molar-refractivity contribution in [3.8, 4) is 11.5 Å². The van der Waals surface area contributed by atoms with E-state index in [9.17, 15) is 14.4 Å². The quantitative estimate of drug-likeness (QED) is 0.0844. The highest BCUT2D eigenvalue weighted by Crippen LogP contribution is 2.29. The Morgan fingerprint density at radius 3 is 2.41 bits per heavy atom. The van der Waals surface area contributed by atoms with Gasteiger partial charge in [0, 0.05) is 14.9 Å². The monoisotopic (exact) mass is 603 g/mol. The fraction of sp³-hybridized carbons (Fsp3) is 0.0345. The molecule has 0 saturated carbocycles. The smallest absolute Gasteiger partial charge is 0.344 e. The number of nitrogens with one attached hydrogen (secondary N) is 2. The van der Waals surface area contributed by atoms with Crippen molar-refractivity contribution < 1.29 is 23.9 Å². The number of ether oxygens (including phenoxy) is 2. The van der Waals surface area contributed by atoms with Gasteiger partial charge >= 0.3 is 5.97 Å². The number of rotatable bonds is 9. The summed E-state index contributed by atoms with van der Waals surface area (Å²) in [6.45, 7) is 0. The standard InChI is InChI=1S/C29H22BrN3O5S/c1-37-26-16-19(13-14-25(26)38-29(36)22-11-5-6-12-23(22)30)18-31-33-28(35)24(17-21-10-7-15-39-21)32-27(34)20-8-3-2-4-9-20/h2-18H,1H3,(H,32,34)(H,33,35). The van der Waals surface area contributed by atoms with E-state index in [0.717, 1.165) is 4.88 Å². The molecule has 0 aliphatic heterocycles. The Labute approximate surface area is 237 Å². The van der Waals surface area contributed by atoms with Gasteiger partial charge in [-0.1, -0.05) is 36.4 Å². The minimum absolute atomic E-state index is 0.0374. The van der Waals surface area contributed by atoms with Crippen LogP contribution in [-0.2, 0) is 4.79 Å². The fourth-order valence-corrected chi connectivity index (χ4v) is 4.42. The van der Waals surface area contributed by atoms with Crippen molar-refractivity contribution >= 4 is 57.3 Å². The summed E-state index contributed by atoms with van der Waals surface area (Å²) in [4.78, 5) is 38.9. The first kappa shape index (κ1) is 27.5. The molecule has 0 unspecified atom stereocenters. The predicted molar refractivity (Wildman–Crippen MR) is 154 cm³/mol. The summed E-state index contributed by atoms with van der Waals surface area (Å²) >= 11 is 4.76. The molecule has 0 spiro atoms. The number of benzene rings is 3. The van der Waals surface area contributed by atoms with Gasteiger partial charge in [-0.05, 0) is 81.5 Å². The maximum Gasteiger partial charge on any atom is 0.344 e. The van der Waals surface area contributed by atoms with E-state index in [-0.39, 0.29) is 11.4 Å². The van der Waals surface area contributed by atoms with Crippen molar-refractivity contribution in [2.45, 2.75) is 0 Å². The molecular weight excluding hydrogens is 582 g/mol. The molecule has 0 fully saturated rings. The number of esters is 1. The molecule has 0 atom stereocenters. The Hall–Kier alpha value is -4.54. The van der Waals surface area contributed by atoms with Crippen LogP contribution in [0.2, 0.25) is 0 Å². The first-order chi connectivity index (χ1) is 18.9. The van der Waals surface area contributed by atoms with Crippen LogP contribution in [-0.4, -0.2) is 31.1 Å². The average molecular weight is 604 g/mol. The Morgan fingerprint density at radius 2 is 1.69 bits per heavy atom. The molecule has 0 aliphatic rings. The van der Waals surface area contributed by atoms with Gasteiger partial charge in [0.05, 0.1) is 18.9 Å². The molecule has 8 nitrogen and oxygen atoms in total. The lowest BCUT2D eigenvalue weighted by Crippen LogP contribution is -2.32. The lowest BCUT2D eigenvalue weighted by molar-refractivity contribution is -0.117. The van der Waals surface area contributed by atoms with E-state index in [1.807, 2.05) is 17.5 Å². The highest BCUT2D eigenvalue weighted by atomic mass is 79.9. The number of halogens is 1. The van der Waals surface area contributed by atoms with Crippen LogP contribution < -0.4 is 20.2 Å². The zero-order valence-electron chi connectivity index (χ0n) is 20.6. The highest BCUT2D eigenvalue weighted by Gasteiger charge is 2.16. The third kappa shape index (κ3) is 7.50. The van der Waals surface area contributed by atoms with Crippen LogP contribution in [0.15, 0.2) is 106 Å². The molecule has 0 bridgehead atoms. The number of hydrazone groups is 1. The molecule has 4 rings (SSSR count). The summed E-state index contributed by atoms with van der Waals surface area (Å²) in [5.41, 5.74) is 3.83. The largest absolute Gasteiger partial charge is 0.493 e. The first-order valence-electron chi connectivity index (χ1n) is 11.5. The van der Waals surface area contributed by atoms with E-state index in [2.05, 4.69) is 31.8 Å². The van der Waals surface area contributed by atoms with Gasteiger partial charge in [-0.3, -0.25) is 9.59 Å². The molecule has 2 amide bonds. The number of amides is 2. The lowest BCUT2D eigenvalue weighted by Gasteiger charge is -2.11. The van der Waals surface area contributed by atoms with Crippen molar-refractivity contribution in [1.82, 2.24) is 10.7 Å². The Bertz CT molecular complexity index is 1540. The summed E-state index contributed by atoms with van der Waals surface area (Å²) < 4.78 is 11.5. The minimum atomic E-state index is -0.602. The molecule has 10 heteroatoms. The predicted octanol–water partition coefficient (Wildman–Crippen LogP) is 5.66. The number of carbonyl (C=O) groups is 3. The molecule has 196 valence electrons. The molecule has 39 heavy (non-hydrogen) atoms. The fourth-order valence-electron chi connectivity index (χ4n) is 3.31. The Morgan fingerprint density at radius 1 is 0.923 bits per heavy atom. The summed E-state index contributed by atoms with van der Waals surface area (Å²) in [6.07, 6.45) is 2.98. The van der Waals surface area contributed by atoms with Crippen molar-refractivity contribution in [2.75, 3.05) is 7.11 Å². The van der Waals surface area contributed by atoms with Crippen LogP contribution in [0.3, 0.4) is 0 Å². The normalized spacial score (nSPS) is 11.2. The molecule has 0 aliphatic carbocycles. The van der Waals surface area contributed by atoms with E-state index in [1.165, 1.54) is 24.7 Å². The van der Waals surface area contributed by atoms with Gasteiger partial charge in [-0.25, -0.2) is 10.2 Å². The van der Waals surface area contributed by atoms with E-state index in [0.29, 0.717) is 26.9 Å². The molecule has 3 aromatic carbocycles. The zero-order chi connectivity index (χ0) is 27.6. The molecule has 1 heterocycles. The first-order valence-corrected chi connectivity index (χ1v) is 13.2. The number of nitrogens with zero attached hydrogens (tertiary/aromatic N) is 1. The number of hydrogen-bond donors (Lipinski definition) is 2. The maximum absolute atomic E-state index is 12.9. The number of carbonyl (C=O) groups excluding carboxylic acids is 3. The van der Waals surface area contributed by atoms with Gasteiger partial charge in [0.2, 0.25) is 0 Å². The van der Waals surface area contributed by atoms with Crippen LogP contribution in [0.1, 0.15) is 31.2 Å². The second-order valence-electron chi connectivity index (χ2n) is 7.87. The van der Waals surface area contributed by atoms with Crippen LogP contribution in [0, 0.1) is 0 Å². The van der Waals surface area contributed by atoms with E-state index >= 15 is 0 Å². The van der Waals surface area contributed by atoms with Crippen LogP contribution in [0.4, 0.5) is 0 Å². The van der Waals surface area contributed by atoms with Gasteiger partial charge in [0.1, 0.15) is 5.70 Å². The average Bonchev–Trinajstić information content (AvgIpc) is 3.47. The third-order valence-corrected chi connectivity index (χ3v) is 6.73. The summed E-state index contributed by atoms with van der Waals surface area (Å²) in [6, 6.07) is 24.0. The number of methoxy groups -OCH3 is 1. The van der Waals surface area contributed by atoms with Gasteiger partial charge < -0.3 is 14.8 Å². The lowest BCUT2D eigenvalue weighted by atomic mass is 10.2. The maximum atomic E-state index is 12.9. The molecule has 1 aromatic heterocycles. The Kier molecular flexibility index (Phi) is 9.39. The van der Waals surface area contributed by atoms with Crippen molar-refractivity contribution in [1.29, 1.82) is 0 Å². The van der Waals surface area contributed by atoms with Crippen LogP contribution in [0.5, 0.6) is 11.5 Å². The van der Waals surface area contributed by atoms with E-state index in [1.54, 1.807) is 78.9 Å². The van der Waals surface area contributed by atoms with Gasteiger partial charge in [-0.15, -0.1) is 11.3 Å². The van der Waals surface area contributed by atoms with Gasteiger partial charge in [0.15, 0.2) is 11.5 Å². The topological polar surface area (TPSA) is 106 Å². The zero-order valence-corrected chi connectivity index (χ0v) is 23.0. The molecule has 0 saturated heterocycles. The van der Waals surface area contributed by atoms with E-state index in [4.69, 9.17) is 9.47 Å². The van der Waals surface area contributed by atoms with Crippen LogP contribution >= 0.6 is 27.3 Å². The van der Waals surface area contributed by atoms with E-state index < -0.39 is 17.8 Å². The van der Waals surface area contributed by atoms with Crippen molar-refractivity contribution in [3.63, 3.8) is 0 Å². The molecule has 0 radical (unpaired) electrons. The second-order valence-corrected chi connectivity index (χ2v) is 9.71. The van der Waals surface area contributed by atoms with Crippen molar-refractivity contribution in [2.24, 2.45) is 5.10 Å². The third-order valence-electron chi connectivity index (χ3n) is 5.22. The van der Waals surface area contributed by atoms with Crippen molar-refractivity contribution in [3.05, 3.63) is 122 Å². The summed E-state index contributed by atoms with van der Waals surface area (Å²) in [7, 11) is 1.45. The molecule has 2 N–H and O–H groups in total. The summed E-state index contributed by atoms with van der Waals surface area (Å²) in [5.74, 6) is -1.04. The number of hydrogen-bond acceptors (Lipinski definition) is 7. The highest BCUT2D eigenvalue weighted by molar-refractivity contribution is 9.10. The Balaban J connectivity index is 1.45. The minimum Gasteiger partial charge on any atom is -0.493 e. The van der Waals surface area contributed by atoms with Gasteiger partial charge in [-0.2, -0.15) is 5.10 Å².